The number of carbonyl (C=O) groups is 1. The molecule has 2 aliphatic rings. The minimum absolute atomic E-state index is 0.227. The van der Waals surface area contributed by atoms with Gasteiger partial charge in [-0.3, -0.25) is 4.79 Å². The molecule has 0 aromatic heterocycles. The summed E-state index contributed by atoms with van der Waals surface area (Å²) in [6.07, 6.45) is 10.4. The number of thioether (sulfide) groups is 1. The minimum atomic E-state index is 0.227. The number of rotatable bonds is 4. The Kier molecular flexibility index (Phi) is 4.47. The summed E-state index contributed by atoms with van der Waals surface area (Å²) >= 11 is 1.84. The Bertz CT molecular complexity index is 449. The fraction of sp³-hybridized carbons (Fsp3) is 0.588. The Morgan fingerprint density at radius 3 is 2.60 bits per heavy atom. The molecule has 1 unspecified atom stereocenters. The molecule has 0 N–H and O–H groups in total. The number of hydrogen-bond acceptors (Lipinski definition) is 3. The zero-order valence-corrected chi connectivity index (χ0v) is 12.7. The number of aldehydes is 1. The second-order valence-electron chi connectivity index (χ2n) is 6.02. The SMILES string of the molecule is O=Cc1ccc(SCC2CCC3(CCCCC3)O2)cc1. The molecule has 3 heteroatoms. The highest BCUT2D eigenvalue weighted by molar-refractivity contribution is 7.99. The molecule has 1 aliphatic heterocycles. The predicted molar refractivity (Wildman–Crippen MR) is 82.5 cm³/mol. The molecule has 1 atom stereocenters. The van der Waals surface area contributed by atoms with Crippen molar-refractivity contribution in [3.63, 3.8) is 0 Å². The molecule has 1 aromatic carbocycles. The van der Waals surface area contributed by atoms with Crippen molar-refractivity contribution in [2.45, 2.75) is 61.5 Å². The predicted octanol–water partition coefficient (Wildman–Crippen LogP) is 4.47. The Hall–Kier alpha value is -0.800. The van der Waals surface area contributed by atoms with Gasteiger partial charge in [-0.2, -0.15) is 0 Å². The fourth-order valence-corrected chi connectivity index (χ4v) is 4.35. The van der Waals surface area contributed by atoms with Gasteiger partial charge >= 0.3 is 0 Å². The normalized spacial score (nSPS) is 24.9. The average molecular weight is 290 g/mol. The van der Waals surface area contributed by atoms with Crippen molar-refractivity contribution in [1.82, 2.24) is 0 Å². The molecule has 1 aromatic rings. The van der Waals surface area contributed by atoms with E-state index in [0.717, 1.165) is 17.6 Å². The highest BCUT2D eigenvalue weighted by Crippen LogP contribution is 2.42. The van der Waals surface area contributed by atoms with Gasteiger partial charge in [-0.05, 0) is 37.8 Å². The molecule has 3 rings (SSSR count). The molecular weight excluding hydrogens is 268 g/mol. The van der Waals surface area contributed by atoms with Crippen LogP contribution in [0.5, 0.6) is 0 Å². The summed E-state index contributed by atoms with van der Waals surface area (Å²) in [6.45, 7) is 0. The molecule has 20 heavy (non-hydrogen) atoms. The van der Waals surface area contributed by atoms with Gasteiger partial charge in [0.25, 0.3) is 0 Å². The van der Waals surface area contributed by atoms with Crippen molar-refractivity contribution in [2.75, 3.05) is 5.75 Å². The zero-order chi connectivity index (χ0) is 13.8. The van der Waals surface area contributed by atoms with E-state index in [-0.39, 0.29) is 5.60 Å². The molecule has 1 heterocycles. The average Bonchev–Trinajstić information content (AvgIpc) is 2.89. The van der Waals surface area contributed by atoms with Gasteiger partial charge in [0.2, 0.25) is 0 Å². The lowest BCUT2D eigenvalue weighted by atomic mass is 9.83. The van der Waals surface area contributed by atoms with Crippen LogP contribution in [0, 0.1) is 0 Å². The molecule has 1 saturated carbocycles. The third kappa shape index (κ3) is 3.26. The Morgan fingerprint density at radius 1 is 1.15 bits per heavy atom. The molecule has 1 aliphatic carbocycles. The van der Waals surface area contributed by atoms with E-state index < -0.39 is 0 Å². The summed E-state index contributed by atoms with van der Waals surface area (Å²) in [4.78, 5) is 11.9. The molecule has 108 valence electrons. The Balaban J connectivity index is 1.50. The van der Waals surface area contributed by atoms with Crippen molar-refractivity contribution in [1.29, 1.82) is 0 Å². The summed E-state index contributed by atoms with van der Waals surface area (Å²) in [5.41, 5.74) is 0.970. The van der Waals surface area contributed by atoms with Crippen molar-refractivity contribution >= 4 is 18.0 Å². The standard InChI is InChI=1S/C17H22O2S/c18-12-14-4-6-16(7-5-14)20-13-15-8-11-17(19-15)9-2-1-3-10-17/h4-7,12,15H,1-3,8-11,13H2. The fourth-order valence-electron chi connectivity index (χ4n) is 3.41. The lowest BCUT2D eigenvalue weighted by Crippen LogP contribution is -2.32. The maximum Gasteiger partial charge on any atom is 0.150 e. The number of hydrogen-bond donors (Lipinski definition) is 0. The lowest BCUT2D eigenvalue weighted by molar-refractivity contribution is -0.0555. The van der Waals surface area contributed by atoms with E-state index in [1.807, 2.05) is 36.0 Å². The van der Waals surface area contributed by atoms with Crippen LogP contribution in [0.3, 0.4) is 0 Å². The van der Waals surface area contributed by atoms with Crippen molar-refractivity contribution in [2.24, 2.45) is 0 Å². The third-order valence-electron chi connectivity index (χ3n) is 4.56. The van der Waals surface area contributed by atoms with Gasteiger partial charge in [-0.15, -0.1) is 11.8 Å². The smallest absolute Gasteiger partial charge is 0.150 e. The van der Waals surface area contributed by atoms with E-state index >= 15 is 0 Å². The van der Waals surface area contributed by atoms with Crippen LogP contribution in [0.4, 0.5) is 0 Å². The van der Waals surface area contributed by atoms with Gasteiger partial charge < -0.3 is 4.74 Å². The maximum absolute atomic E-state index is 10.6. The first-order valence-corrected chi connectivity index (χ1v) is 8.64. The van der Waals surface area contributed by atoms with E-state index in [0.29, 0.717) is 6.10 Å². The van der Waals surface area contributed by atoms with Crippen LogP contribution in [0.2, 0.25) is 0 Å². The topological polar surface area (TPSA) is 26.3 Å². The molecule has 1 spiro atoms. The number of benzene rings is 1. The molecular formula is C17H22O2S. The monoisotopic (exact) mass is 290 g/mol. The van der Waals surface area contributed by atoms with Crippen LogP contribution >= 0.6 is 11.8 Å². The molecule has 0 bridgehead atoms. The van der Waals surface area contributed by atoms with Crippen molar-refractivity contribution in [3.8, 4) is 0 Å². The van der Waals surface area contributed by atoms with Crippen LogP contribution in [0.25, 0.3) is 0 Å². The zero-order valence-electron chi connectivity index (χ0n) is 11.8. The van der Waals surface area contributed by atoms with Gasteiger partial charge in [0.15, 0.2) is 0 Å². The van der Waals surface area contributed by atoms with Crippen LogP contribution in [-0.4, -0.2) is 23.7 Å². The Morgan fingerprint density at radius 2 is 1.90 bits per heavy atom. The second-order valence-corrected chi connectivity index (χ2v) is 7.11. The summed E-state index contributed by atoms with van der Waals surface area (Å²) in [7, 11) is 0. The van der Waals surface area contributed by atoms with Gasteiger partial charge in [0, 0.05) is 16.2 Å². The van der Waals surface area contributed by atoms with Gasteiger partial charge in [-0.1, -0.05) is 31.4 Å². The van der Waals surface area contributed by atoms with Crippen LogP contribution in [0.1, 0.15) is 55.3 Å². The summed E-state index contributed by atoms with van der Waals surface area (Å²) in [5.74, 6) is 1.03. The highest BCUT2D eigenvalue weighted by Gasteiger charge is 2.40. The molecule has 2 fully saturated rings. The summed E-state index contributed by atoms with van der Waals surface area (Å²) < 4.78 is 6.38. The largest absolute Gasteiger partial charge is 0.371 e. The third-order valence-corrected chi connectivity index (χ3v) is 5.70. The lowest BCUT2D eigenvalue weighted by Gasteiger charge is -2.33. The first-order chi connectivity index (χ1) is 9.80. The first kappa shape index (κ1) is 14.2. The minimum Gasteiger partial charge on any atom is -0.371 e. The molecule has 1 saturated heterocycles. The van der Waals surface area contributed by atoms with Crippen molar-refractivity contribution < 1.29 is 9.53 Å². The summed E-state index contributed by atoms with van der Waals surface area (Å²) in [5, 5.41) is 0. The van der Waals surface area contributed by atoms with Gasteiger partial charge in [-0.25, -0.2) is 0 Å². The van der Waals surface area contributed by atoms with E-state index in [1.165, 1.54) is 49.8 Å². The van der Waals surface area contributed by atoms with Crippen LogP contribution < -0.4 is 0 Å². The Labute approximate surface area is 125 Å². The summed E-state index contributed by atoms with van der Waals surface area (Å²) in [6, 6.07) is 7.82. The van der Waals surface area contributed by atoms with E-state index in [1.54, 1.807) is 0 Å². The van der Waals surface area contributed by atoms with E-state index in [4.69, 9.17) is 4.74 Å². The quantitative estimate of drug-likeness (QED) is 0.604. The maximum atomic E-state index is 10.6. The first-order valence-electron chi connectivity index (χ1n) is 7.66. The second kappa shape index (κ2) is 6.31. The van der Waals surface area contributed by atoms with Gasteiger partial charge in [0.1, 0.15) is 6.29 Å². The molecule has 2 nitrogen and oxygen atoms in total. The number of carbonyl (C=O) groups excluding carboxylic acids is 1. The van der Waals surface area contributed by atoms with Crippen LogP contribution in [0.15, 0.2) is 29.2 Å². The van der Waals surface area contributed by atoms with Gasteiger partial charge in [0.05, 0.1) is 11.7 Å². The van der Waals surface area contributed by atoms with Crippen molar-refractivity contribution in [3.05, 3.63) is 29.8 Å². The number of ether oxygens (including phenoxy) is 1. The highest BCUT2D eigenvalue weighted by atomic mass is 32.2. The van der Waals surface area contributed by atoms with E-state index in [2.05, 4.69) is 0 Å². The van der Waals surface area contributed by atoms with E-state index in [9.17, 15) is 4.79 Å². The molecule has 0 amide bonds. The molecule has 0 radical (unpaired) electrons. The van der Waals surface area contributed by atoms with Crippen LogP contribution in [-0.2, 0) is 4.74 Å².